The number of hydrogen-bond donors (Lipinski definition) is 0. The van der Waals surface area contributed by atoms with Crippen LogP contribution in [0.25, 0.3) is 38.6 Å². The SMILES string of the molecule is COc1ccc(-n2c(-c3ccccc3)cc3c4ccccc4c(C#Cc4ccccc4)cc32)cc1. The van der Waals surface area contributed by atoms with E-state index in [4.69, 9.17) is 4.74 Å². The first-order valence-electron chi connectivity index (χ1n) is 11.7. The maximum absolute atomic E-state index is 5.41. The number of benzene rings is 5. The van der Waals surface area contributed by atoms with Crippen molar-refractivity contribution in [2.24, 2.45) is 0 Å². The van der Waals surface area contributed by atoms with Gasteiger partial charge in [0.25, 0.3) is 0 Å². The van der Waals surface area contributed by atoms with Gasteiger partial charge in [-0.25, -0.2) is 0 Å². The topological polar surface area (TPSA) is 14.2 Å². The van der Waals surface area contributed by atoms with Crippen molar-refractivity contribution in [3.63, 3.8) is 0 Å². The number of methoxy groups -OCH3 is 1. The Bertz CT molecular complexity index is 1700. The fraction of sp³-hybridized carbons (Fsp3) is 0.0303. The van der Waals surface area contributed by atoms with Gasteiger partial charge in [0.2, 0.25) is 0 Å². The van der Waals surface area contributed by atoms with E-state index in [1.54, 1.807) is 7.11 Å². The lowest BCUT2D eigenvalue weighted by molar-refractivity contribution is 0.415. The lowest BCUT2D eigenvalue weighted by Gasteiger charge is -2.13. The van der Waals surface area contributed by atoms with E-state index in [1.165, 1.54) is 16.3 Å². The molecule has 0 aliphatic heterocycles. The van der Waals surface area contributed by atoms with Gasteiger partial charge in [-0.05, 0) is 64.9 Å². The zero-order chi connectivity index (χ0) is 23.6. The van der Waals surface area contributed by atoms with E-state index in [0.717, 1.165) is 39.2 Å². The highest BCUT2D eigenvalue weighted by atomic mass is 16.5. The molecule has 0 fully saturated rings. The summed E-state index contributed by atoms with van der Waals surface area (Å²) in [5.41, 5.74) is 6.54. The zero-order valence-electron chi connectivity index (χ0n) is 19.4. The van der Waals surface area contributed by atoms with Crippen LogP contribution >= 0.6 is 0 Å². The van der Waals surface area contributed by atoms with Crippen LogP contribution in [0.3, 0.4) is 0 Å². The molecule has 0 aliphatic carbocycles. The second-order valence-corrected chi connectivity index (χ2v) is 8.45. The molecule has 5 aromatic carbocycles. The highest BCUT2D eigenvalue weighted by Gasteiger charge is 2.16. The molecule has 0 unspecified atom stereocenters. The van der Waals surface area contributed by atoms with Crippen molar-refractivity contribution >= 4 is 21.7 Å². The number of rotatable bonds is 3. The normalized spacial score (nSPS) is 10.8. The molecule has 0 radical (unpaired) electrons. The number of ether oxygens (including phenoxy) is 1. The van der Waals surface area contributed by atoms with Crippen molar-refractivity contribution < 1.29 is 4.74 Å². The second-order valence-electron chi connectivity index (χ2n) is 8.45. The summed E-state index contributed by atoms with van der Waals surface area (Å²) >= 11 is 0. The minimum atomic E-state index is 0.839. The highest BCUT2D eigenvalue weighted by molar-refractivity contribution is 6.11. The summed E-state index contributed by atoms with van der Waals surface area (Å²) in [6.07, 6.45) is 0. The van der Waals surface area contributed by atoms with Gasteiger partial charge in [-0.1, -0.05) is 84.6 Å². The number of fused-ring (bicyclic) bond motifs is 3. The lowest BCUT2D eigenvalue weighted by Crippen LogP contribution is -1.97. The molecule has 0 atom stereocenters. The molecule has 1 heterocycles. The van der Waals surface area contributed by atoms with E-state index >= 15 is 0 Å². The van der Waals surface area contributed by atoms with Gasteiger partial charge >= 0.3 is 0 Å². The quantitative estimate of drug-likeness (QED) is 0.251. The molecule has 0 amide bonds. The Morgan fingerprint density at radius 1 is 0.600 bits per heavy atom. The van der Waals surface area contributed by atoms with Crippen molar-refractivity contribution in [1.29, 1.82) is 0 Å². The van der Waals surface area contributed by atoms with E-state index in [9.17, 15) is 0 Å². The third-order valence-corrected chi connectivity index (χ3v) is 6.34. The van der Waals surface area contributed by atoms with Gasteiger partial charge in [0, 0.05) is 22.2 Å². The fourth-order valence-corrected chi connectivity index (χ4v) is 4.65. The van der Waals surface area contributed by atoms with Crippen LogP contribution in [0.1, 0.15) is 11.1 Å². The van der Waals surface area contributed by atoms with Gasteiger partial charge in [0.05, 0.1) is 18.3 Å². The van der Waals surface area contributed by atoms with E-state index in [-0.39, 0.29) is 0 Å². The van der Waals surface area contributed by atoms with Gasteiger partial charge in [0.15, 0.2) is 0 Å². The Kier molecular flexibility index (Phi) is 5.29. The maximum Gasteiger partial charge on any atom is 0.119 e. The second kappa shape index (κ2) is 8.89. The van der Waals surface area contributed by atoms with E-state index in [0.29, 0.717) is 0 Å². The largest absolute Gasteiger partial charge is 0.497 e. The molecule has 2 heteroatoms. The van der Waals surface area contributed by atoms with Crippen LogP contribution in [0.4, 0.5) is 0 Å². The lowest BCUT2D eigenvalue weighted by atomic mass is 10.0. The van der Waals surface area contributed by atoms with Crippen LogP contribution in [0.2, 0.25) is 0 Å². The molecule has 1 aromatic heterocycles. The molecule has 6 rings (SSSR count). The third-order valence-electron chi connectivity index (χ3n) is 6.34. The summed E-state index contributed by atoms with van der Waals surface area (Å²) in [4.78, 5) is 0. The van der Waals surface area contributed by atoms with Crippen molar-refractivity contribution in [3.05, 3.63) is 132 Å². The predicted molar refractivity (Wildman–Crippen MR) is 145 cm³/mol. The van der Waals surface area contributed by atoms with Gasteiger partial charge in [-0.2, -0.15) is 0 Å². The van der Waals surface area contributed by atoms with Crippen LogP contribution < -0.4 is 4.74 Å². The Balaban J connectivity index is 1.67. The molecule has 0 saturated carbocycles. The first-order valence-corrected chi connectivity index (χ1v) is 11.7. The molecule has 166 valence electrons. The first kappa shape index (κ1) is 20.8. The molecular formula is C33H23NO. The van der Waals surface area contributed by atoms with Gasteiger partial charge in [0.1, 0.15) is 5.75 Å². The molecule has 0 spiro atoms. The van der Waals surface area contributed by atoms with E-state index in [2.05, 4.69) is 95.3 Å². The Morgan fingerprint density at radius 2 is 1.26 bits per heavy atom. The summed E-state index contributed by atoms with van der Waals surface area (Å²) in [5.74, 6) is 7.65. The van der Waals surface area contributed by atoms with Crippen LogP contribution in [0.15, 0.2) is 121 Å². The molecule has 6 aromatic rings. The summed E-state index contributed by atoms with van der Waals surface area (Å²) < 4.78 is 7.74. The summed E-state index contributed by atoms with van der Waals surface area (Å²) in [6.45, 7) is 0. The molecule has 2 nitrogen and oxygen atoms in total. The van der Waals surface area contributed by atoms with E-state index in [1.807, 2.05) is 42.5 Å². The highest BCUT2D eigenvalue weighted by Crippen LogP contribution is 2.37. The van der Waals surface area contributed by atoms with Gasteiger partial charge in [-0.15, -0.1) is 0 Å². The average molecular weight is 450 g/mol. The fourth-order valence-electron chi connectivity index (χ4n) is 4.65. The average Bonchev–Trinajstić information content (AvgIpc) is 3.32. The van der Waals surface area contributed by atoms with E-state index < -0.39 is 0 Å². The number of hydrogen-bond acceptors (Lipinski definition) is 1. The third kappa shape index (κ3) is 3.84. The monoisotopic (exact) mass is 449 g/mol. The maximum atomic E-state index is 5.41. The molecular weight excluding hydrogens is 426 g/mol. The van der Waals surface area contributed by atoms with Crippen LogP contribution in [-0.4, -0.2) is 11.7 Å². The zero-order valence-corrected chi connectivity index (χ0v) is 19.4. The van der Waals surface area contributed by atoms with Gasteiger partial charge in [-0.3, -0.25) is 0 Å². The summed E-state index contributed by atoms with van der Waals surface area (Å²) in [7, 11) is 1.69. The Morgan fingerprint density at radius 3 is 1.97 bits per heavy atom. The van der Waals surface area contributed by atoms with Crippen molar-refractivity contribution in [2.75, 3.05) is 7.11 Å². The standard InChI is InChI=1S/C33H23NO/c1-35-28-20-18-27(19-21-28)34-32(25-12-6-3-7-13-25)23-31-30-15-9-8-14-29(30)26(22-33(31)34)17-16-24-10-4-2-5-11-24/h2-15,18-23H,1H3. The minimum Gasteiger partial charge on any atom is -0.497 e. The molecule has 0 bridgehead atoms. The van der Waals surface area contributed by atoms with Crippen LogP contribution in [0, 0.1) is 11.8 Å². The number of aromatic nitrogens is 1. The van der Waals surface area contributed by atoms with Crippen molar-refractivity contribution in [1.82, 2.24) is 4.57 Å². The minimum absolute atomic E-state index is 0.839. The number of nitrogens with zero attached hydrogens (tertiary/aromatic N) is 1. The smallest absolute Gasteiger partial charge is 0.119 e. The molecule has 35 heavy (non-hydrogen) atoms. The van der Waals surface area contributed by atoms with Crippen molar-refractivity contribution in [3.8, 4) is 34.5 Å². The van der Waals surface area contributed by atoms with Crippen molar-refractivity contribution in [2.45, 2.75) is 0 Å². The van der Waals surface area contributed by atoms with Gasteiger partial charge < -0.3 is 9.30 Å². The molecule has 0 N–H and O–H groups in total. The molecule has 0 saturated heterocycles. The summed E-state index contributed by atoms with van der Waals surface area (Å²) in [6, 6.07) is 42.0. The van der Waals surface area contributed by atoms with Crippen LogP contribution in [0.5, 0.6) is 5.75 Å². The Hall–Kier alpha value is -4.74. The Labute approximate surface area is 205 Å². The first-order chi connectivity index (χ1) is 17.3. The van der Waals surface area contributed by atoms with Crippen LogP contribution in [-0.2, 0) is 0 Å². The molecule has 0 aliphatic rings. The summed E-state index contributed by atoms with van der Waals surface area (Å²) in [5, 5.41) is 3.57. The predicted octanol–water partition coefficient (Wildman–Crippen LogP) is 7.86.